The van der Waals surface area contributed by atoms with Gasteiger partial charge in [-0.1, -0.05) is 13.8 Å². The van der Waals surface area contributed by atoms with Crippen LogP contribution in [0.2, 0.25) is 0 Å². The Bertz CT molecular complexity index is 405. The van der Waals surface area contributed by atoms with E-state index in [-0.39, 0.29) is 17.0 Å². The third-order valence-electron chi connectivity index (χ3n) is 7.01. The van der Waals surface area contributed by atoms with Gasteiger partial charge in [0.1, 0.15) is 5.60 Å². The molecule has 6 atom stereocenters. The van der Waals surface area contributed by atoms with Crippen LogP contribution in [0.15, 0.2) is 0 Å². The highest BCUT2D eigenvalue weighted by Crippen LogP contribution is 2.83. The van der Waals surface area contributed by atoms with E-state index >= 15 is 0 Å². The Morgan fingerprint density at radius 3 is 2.33 bits per heavy atom. The standard InChI is InChI=1S/C16H24O2/c1-9-11-8-12-13(9)16(12,10(11)2)14(17)18-15(3)6-4-5-7-15/h9-13H,4-8H2,1-3H3. The van der Waals surface area contributed by atoms with Crippen LogP contribution >= 0.6 is 0 Å². The molecule has 18 heavy (non-hydrogen) atoms. The number of rotatable bonds is 2. The lowest BCUT2D eigenvalue weighted by molar-refractivity contribution is -0.166. The number of ether oxygens (including phenoxy) is 1. The highest BCUT2D eigenvalue weighted by molar-refractivity contribution is 5.84. The van der Waals surface area contributed by atoms with Gasteiger partial charge in [-0.25, -0.2) is 0 Å². The quantitative estimate of drug-likeness (QED) is 0.700. The minimum absolute atomic E-state index is 0.0459. The molecule has 0 aliphatic heterocycles. The van der Waals surface area contributed by atoms with E-state index in [1.807, 2.05) is 0 Å². The highest BCUT2D eigenvalue weighted by atomic mass is 16.6. The Labute approximate surface area is 109 Å². The van der Waals surface area contributed by atoms with Crippen LogP contribution in [0.1, 0.15) is 52.9 Å². The monoisotopic (exact) mass is 248 g/mol. The lowest BCUT2D eigenvalue weighted by Crippen LogP contribution is -2.35. The summed E-state index contributed by atoms with van der Waals surface area (Å²) in [5, 5.41) is 0. The van der Waals surface area contributed by atoms with Gasteiger partial charge in [0.2, 0.25) is 0 Å². The van der Waals surface area contributed by atoms with E-state index in [4.69, 9.17) is 4.74 Å². The van der Waals surface area contributed by atoms with Crippen LogP contribution in [-0.4, -0.2) is 11.6 Å². The predicted molar refractivity (Wildman–Crippen MR) is 68.8 cm³/mol. The zero-order valence-corrected chi connectivity index (χ0v) is 11.7. The molecule has 0 N–H and O–H groups in total. The molecule has 0 aromatic heterocycles. The first-order chi connectivity index (χ1) is 8.51. The van der Waals surface area contributed by atoms with Gasteiger partial charge in [0.25, 0.3) is 0 Å². The van der Waals surface area contributed by atoms with E-state index in [0.717, 1.165) is 24.7 Å². The average molecular weight is 248 g/mol. The van der Waals surface area contributed by atoms with Crippen LogP contribution in [0.3, 0.4) is 0 Å². The smallest absolute Gasteiger partial charge is 0.313 e. The molecular formula is C16H24O2. The molecule has 5 saturated carbocycles. The molecule has 2 heteroatoms. The van der Waals surface area contributed by atoms with E-state index in [1.54, 1.807) is 0 Å². The summed E-state index contributed by atoms with van der Waals surface area (Å²) < 4.78 is 6.00. The van der Waals surface area contributed by atoms with Gasteiger partial charge in [-0.3, -0.25) is 4.79 Å². The van der Waals surface area contributed by atoms with E-state index in [1.165, 1.54) is 19.3 Å². The summed E-state index contributed by atoms with van der Waals surface area (Å²) in [6, 6.07) is 0. The lowest BCUT2D eigenvalue weighted by atomic mass is 9.89. The second-order valence-electron chi connectivity index (χ2n) is 7.66. The van der Waals surface area contributed by atoms with Crippen LogP contribution in [0.5, 0.6) is 0 Å². The van der Waals surface area contributed by atoms with Crippen LogP contribution in [0.25, 0.3) is 0 Å². The van der Waals surface area contributed by atoms with Gasteiger partial charge in [-0.05, 0) is 68.6 Å². The van der Waals surface area contributed by atoms with Crippen LogP contribution in [0.4, 0.5) is 0 Å². The Balaban J connectivity index is 1.57. The van der Waals surface area contributed by atoms with Crippen molar-refractivity contribution >= 4 is 5.97 Å². The van der Waals surface area contributed by atoms with Gasteiger partial charge in [-0.15, -0.1) is 0 Å². The second-order valence-corrected chi connectivity index (χ2v) is 7.66. The molecule has 0 aromatic rings. The largest absolute Gasteiger partial charge is 0.459 e. The zero-order chi connectivity index (χ0) is 12.7. The predicted octanol–water partition coefficient (Wildman–Crippen LogP) is 3.40. The van der Waals surface area contributed by atoms with E-state index in [9.17, 15) is 4.79 Å². The number of hydrogen-bond donors (Lipinski definition) is 0. The number of hydrogen-bond acceptors (Lipinski definition) is 2. The van der Waals surface area contributed by atoms with Gasteiger partial charge in [-0.2, -0.15) is 0 Å². The fourth-order valence-electron chi connectivity index (χ4n) is 6.09. The van der Waals surface area contributed by atoms with Crippen molar-refractivity contribution in [3.8, 4) is 0 Å². The zero-order valence-electron chi connectivity index (χ0n) is 11.7. The van der Waals surface area contributed by atoms with Crippen molar-refractivity contribution in [3.05, 3.63) is 0 Å². The maximum atomic E-state index is 12.7. The third-order valence-corrected chi connectivity index (χ3v) is 7.01. The molecule has 5 rings (SSSR count). The number of carbonyl (C=O) groups is 1. The summed E-state index contributed by atoms with van der Waals surface area (Å²) >= 11 is 0. The molecule has 5 aliphatic carbocycles. The molecule has 0 saturated heterocycles. The molecule has 5 fully saturated rings. The Kier molecular flexibility index (Phi) is 1.97. The van der Waals surface area contributed by atoms with Crippen molar-refractivity contribution in [2.75, 3.05) is 0 Å². The molecular weight excluding hydrogens is 224 g/mol. The molecule has 6 unspecified atom stereocenters. The summed E-state index contributed by atoms with van der Waals surface area (Å²) in [5.41, 5.74) is -0.190. The normalized spacial score (nSPS) is 54.7. The summed E-state index contributed by atoms with van der Waals surface area (Å²) in [6.07, 6.45) is 5.87. The molecule has 0 amide bonds. The highest BCUT2D eigenvalue weighted by Gasteiger charge is 2.85. The molecule has 2 nitrogen and oxygen atoms in total. The van der Waals surface area contributed by atoms with Gasteiger partial charge in [0.05, 0.1) is 5.41 Å². The lowest BCUT2D eigenvalue weighted by Gasteiger charge is -2.28. The summed E-state index contributed by atoms with van der Waals surface area (Å²) in [7, 11) is 0. The minimum Gasteiger partial charge on any atom is -0.459 e. The maximum absolute atomic E-state index is 12.7. The summed E-state index contributed by atoms with van der Waals surface area (Å²) in [5.74, 6) is 3.62. The van der Waals surface area contributed by atoms with Gasteiger partial charge in [0.15, 0.2) is 0 Å². The first kappa shape index (κ1) is 11.3. The van der Waals surface area contributed by atoms with Crippen molar-refractivity contribution in [2.24, 2.45) is 35.0 Å². The van der Waals surface area contributed by atoms with E-state index < -0.39 is 0 Å². The molecule has 5 aliphatic rings. The fourth-order valence-corrected chi connectivity index (χ4v) is 6.09. The van der Waals surface area contributed by atoms with Crippen molar-refractivity contribution in [2.45, 2.75) is 58.5 Å². The van der Waals surface area contributed by atoms with Crippen molar-refractivity contribution in [1.29, 1.82) is 0 Å². The minimum atomic E-state index is -0.144. The Hall–Kier alpha value is -0.530. The van der Waals surface area contributed by atoms with Crippen molar-refractivity contribution in [3.63, 3.8) is 0 Å². The van der Waals surface area contributed by atoms with Crippen molar-refractivity contribution < 1.29 is 9.53 Å². The number of carbonyl (C=O) groups excluding carboxylic acids is 1. The van der Waals surface area contributed by atoms with Crippen molar-refractivity contribution in [1.82, 2.24) is 0 Å². The fraction of sp³-hybridized carbons (Fsp3) is 0.938. The second kappa shape index (κ2) is 3.13. The summed E-state index contributed by atoms with van der Waals surface area (Å²) in [6.45, 7) is 6.79. The average Bonchev–Trinajstić information content (AvgIpc) is 2.63. The Morgan fingerprint density at radius 1 is 1.22 bits per heavy atom. The first-order valence-corrected chi connectivity index (χ1v) is 7.74. The van der Waals surface area contributed by atoms with Crippen LogP contribution in [-0.2, 0) is 9.53 Å². The SMILES string of the molecule is CC1C2CC3C1C3(C(=O)OC1(C)CCCC1)C2C. The number of esters is 1. The van der Waals surface area contributed by atoms with Gasteiger partial charge in [0, 0.05) is 0 Å². The molecule has 0 spiro atoms. The molecule has 0 radical (unpaired) electrons. The Morgan fingerprint density at radius 2 is 1.89 bits per heavy atom. The first-order valence-electron chi connectivity index (χ1n) is 7.74. The van der Waals surface area contributed by atoms with E-state index in [0.29, 0.717) is 17.8 Å². The maximum Gasteiger partial charge on any atom is 0.313 e. The molecule has 0 aromatic carbocycles. The molecule has 100 valence electrons. The van der Waals surface area contributed by atoms with E-state index in [2.05, 4.69) is 20.8 Å². The van der Waals surface area contributed by atoms with Gasteiger partial charge < -0.3 is 4.74 Å². The molecule has 4 bridgehead atoms. The molecule has 0 heterocycles. The van der Waals surface area contributed by atoms with Crippen LogP contribution < -0.4 is 0 Å². The third kappa shape index (κ3) is 1.05. The van der Waals surface area contributed by atoms with Gasteiger partial charge >= 0.3 is 5.97 Å². The topological polar surface area (TPSA) is 26.3 Å². The summed E-state index contributed by atoms with van der Waals surface area (Å²) in [4.78, 5) is 12.7. The van der Waals surface area contributed by atoms with Crippen LogP contribution in [0, 0.1) is 35.0 Å².